The molecule has 0 aromatic rings. The number of Topliss-reactive ketones (excluding diaryl/α,β-unsaturated/α-hetero) is 1. The molecular weight excluding hydrogens is 204 g/mol. The number of hydrogen-bond donors (Lipinski definition) is 1. The number of ether oxygens (including phenoxy) is 1. The highest BCUT2D eigenvalue weighted by Crippen LogP contribution is 2.66. The highest BCUT2D eigenvalue weighted by Gasteiger charge is 2.63. The lowest BCUT2D eigenvalue weighted by molar-refractivity contribution is -0.149. The summed E-state index contributed by atoms with van der Waals surface area (Å²) in [6, 6.07) is 0. The molecule has 5 unspecified atom stereocenters. The van der Waals surface area contributed by atoms with Gasteiger partial charge in [-0.2, -0.15) is 0 Å². The van der Waals surface area contributed by atoms with Gasteiger partial charge in [-0.1, -0.05) is 0 Å². The van der Waals surface area contributed by atoms with E-state index in [1.807, 2.05) is 0 Å². The van der Waals surface area contributed by atoms with E-state index in [2.05, 4.69) is 0 Å². The van der Waals surface area contributed by atoms with E-state index in [0.717, 1.165) is 25.7 Å². The van der Waals surface area contributed by atoms with Gasteiger partial charge in [0.15, 0.2) is 5.78 Å². The SMILES string of the molecule is COC1CC2CC3C(C1)CC3(C(=O)CO)C2. The first-order valence-corrected chi connectivity index (χ1v) is 6.36. The Kier molecular flexibility index (Phi) is 2.37. The molecule has 1 N–H and O–H groups in total. The molecule has 5 atom stereocenters. The van der Waals surface area contributed by atoms with E-state index in [-0.39, 0.29) is 17.8 Å². The Bertz CT molecular complexity index is 310. The Morgan fingerprint density at radius 3 is 2.88 bits per heavy atom. The van der Waals surface area contributed by atoms with Crippen LogP contribution in [0.2, 0.25) is 0 Å². The van der Waals surface area contributed by atoms with Crippen molar-refractivity contribution in [2.75, 3.05) is 13.7 Å². The summed E-state index contributed by atoms with van der Waals surface area (Å²) in [5.74, 6) is 1.98. The monoisotopic (exact) mass is 224 g/mol. The van der Waals surface area contributed by atoms with Crippen LogP contribution in [-0.2, 0) is 9.53 Å². The van der Waals surface area contributed by atoms with Gasteiger partial charge < -0.3 is 9.84 Å². The highest BCUT2D eigenvalue weighted by molar-refractivity contribution is 5.87. The molecule has 16 heavy (non-hydrogen) atoms. The molecule has 0 saturated heterocycles. The Morgan fingerprint density at radius 1 is 1.38 bits per heavy atom. The van der Waals surface area contributed by atoms with Crippen molar-refractivity contribution in [3.8, 4) is 0 Å². The van der Waals surface area contributed by atoms with Crippen molar-refractivity contribution in [2.24, 2.45) is 23.2 Å². The smallest absolute Gasteiger partial charge is 0.164 e. The van der Waals surface area contributed by atoms with Crippen LogP contribution < -0.4 is 0 Å². The lowest BCUT2D eigenvalue weighted by Crippen LogP contribution is -2.52. The summed E-state index contributed by atoms with van der Waals surface area (Å²) in [5.41, 5.74) is -0.122. The van der Waals surface area contributed by atoms with Crippen LogP contribution in [-0.4, -0.2) is 30.7 Å². The summed E-state index contributed by atoms with van der Waals surface area (Å²) in [6.07, 6.45) is 5.85. The largest absolute Gasteiger partial charge is 0.389 e. The predicted molar refractivity (Wildman–Crippen MR) is 58.9 cm³/mol. The molecule has 3 heteroatoms. The van der Waals surface area contributed by atoms with E-state index < -0.39 is 0 Å². The van der Waals surface area contributed by atoms with Crippen LogP contribution in [0.25, 0.3) is 0 Å². The fourth-order valence-electron chi connectivity index (χ4n) is 4.68. The van der Waals surface area contributed by atoms with E-state index in [4.69, 9.17) is 9.84 Å². The molecule has 0 spiro atoms. The maximum absolute atomic E-state index is 11.9. The van der Waals surface area contributed by atoms with E-state index >= 15 is 0 Å². The summed E-state index contributed by atoms with van der Waals surface area (Å²) >= 11 is 0. The highest BCUT2D eigenvalue weighted by atomic mass is 16.5. The summed E-state index contributed by atoms with van der Waals surface area (Å²) in [7, 11) is 1.80. The summed E-state index contributed by atoms with van der Waals surface area (Å²) < 4.78 is 5.50. The second-order valence-corrected chi connectivity index (χ2v) is 5.94. The fourth-order valence-corrected chi connectivity index (χ4v) is 4.68. The number of hydrogen-bond acceptors (Lipinski definition) is 3. The Morgan fingerprint density at radius 2 is 2.19 bits per heavy atom. The topological polar surface area (TPSA) is 46.5 Å². The van der Waals surface area contributed by atoms with Gasteiger partial charge in [-0.3, -0.25) is 4.79 Å². The van der Waals surface area contributed by atoms with E-state index in [1.165, 1.54) is 6.42 Å². The average Bonchev–Trinajstić information content (AvgIpc) is 2.45. The van der Waals surface area contributed by atoms with Gasteiger partial charge >= 0.3 is 0 Å². The lowest BCUT2D eigenvalue weighted by Gasteiger charge is -2.51. The van der Waals surface area contributed by atoms with Gasteiger partial charge in [0.1, 0.15) is 6.61 Å². The molecule has 3 saturated carbocycles. The molecule has 0 aromatic carbocycles. The van der Waals surface area contributed by atoms with Crippen LogP contribution in [0.3, 0.4) is 0 Å². The number of rotatable bonds is 3. The third-order valence-corrected chi connectivity index (χ3v) is 5.34. The summed E-state index contributed by atoms with van der Waals surface area (Å²) in [4.78, 5) is 11.9. The van der Waals surface area contributed by atoms with Crippen molar-refractivity contribution in [1.29, 1.82) is 0 Å². The molecule has 3 aliphatic carbocycles. The Hall–Kier alpha value is -0.410. The van der Waals surface area contributed by atoms with Crippen LogP contribution in [0.15, 0.2) is 0 Å². The minimum atomic E-state index is -0.260. The van der Waals surface area contributed by atoms with Crippen molar-refractivity contribution >= 4 is 5.78 Å². The van der Waals surface area contributed by atoms with Gasteiger partial charge in [-0.25, -0.2) is 0 Å². The maximum Gasteiger partial charge on any atom is 0.164 e. The van der Waals surface area contributed by atoms with Crippen LogP contribution in [0.4, 0.5) is 0 Å². The Labute approximate surface area is 96.2 Å². The molecule has 0 radical (unpaired) electrons. The zero-order chi connectivity index (χ0) is 11.3. The van der Waals surface area contributed by atoms with Gasteiger partial charge in [-0.15, -0.1) is 0 Å². The van der Waals surface area contributed by atoms with Crippen molar-refractivity contribution in [3.63, 3.8) is 0 Å². The molecule has 90 valence electrons. The molecule has 2 bridgehead atoms. The van der Waals surface area contributed by atoms with Crippen molar-refractivity contribution < 1.29 is 14.6 Å². The number of carbonyl (C=O) groups is 1. The molecule has 3 aliphatic rings. The number of fused-ring (bicyclic) bond motifs is 1. The summed E-state index contributed by atoms with van der Waals surface area (Å²) in [6.45, 7) is -0.260. The molecule has 0 heterocycles. The quantitative estimate of drug-likeness (QED) is 0.788. The van der Waals surface area contributed by atoms with Crippen molar-refractivity contribution in [2.45, 2.75) is 38.2 Å². The molecule has 3 nitrogen and oxygen atoms in total. The zero-order valence-electron chi connectivity index (χ0n) is 9.82. The third kappa shape index (κ3) is 1.25. The molecule has 3 fully saturated rings. The van der Waals surface area contributed by atoms with Gasteiger partial charge in [-0.05, 0) is 49.9 Å². The number of methoxy groups -OCH3 is 1. The number of aliphatic hydroxyl groups is 1. The van der Waals surface area contributed by atoms with Crippen molar-refractivity contribution in [1.82, 2.24) is 0 Å². The molecule has 0 amide bonds. The van der Waals surface area contributed by atoms with E-state index in [0.29, 0.717) is 23.9 Å². The van der Waals surface area contributed by atoms with Crippen LogP contribution in [0.5, 0.6) is 0 Å². The van der Waals surface area contributed by atoms with Crippen LogP contribution >= 0.6 is 0 Å². The molecule has 0 aliphatic heterocycles. The molecular formula is C13H20O3. The first-order chi connectivity index (χ1) is 7.69. The van der Waals surface area contributed by atoms with Crippen LogP contribution in [0.1, 0.15) is 32.1 Å². The van der Waals surface area contributed by atoms with Gasteiger partial charge in [0, 0.05) is 12.5 Å². The normalized spacial score (nSPS) is 49.6. The maximum atomic E-state index is 11.9. The number of carbonyl (C=O) groups excluding carboxylic acids is 1. The average molecular weight is 224 g/mol. The van der Waals surface area contributed by atoms with Crippen molar-refractivity contribution in [3.05, 3.63) is 0 Å². The summed E-state index contributed by atoms with van der Waals surface area (Å²) in [5, 5.41) is 9.10. The minimum absolute atomic E-state index is 0.104. The number of aliphatic hydroxyl groups excluding tert-OH is 1. The molecule has 3 rings (SSSR count). The number of ketones is 1. The fraction of sp³-hybridized carbons (Fsp3) is 0.923. The van der Waals surface area contributed by atoms with E-state index in [9.17, 15) is 4.79 Å². The first kappa shape index (κ1) is 10.7. The Balaban J connectivity index is 1.82. The first-order valence-electron chi connectivity index (χ1n) is 6.36. The minimum Gasteiger partial charge on any atom is -0.389 e. The van der Waals surface area contributed by atoms with Gasteiger partial charge in [0.2, 0.25) is 0 Å². The lowest BCUT2D eigenvalue weighted by atomic mass is 9.52. The van der Waals surface area contributed by atoms with Gasteiger partial charge in [0.05, 0.1) is 6.10 Å². The zero-order valence-corrected chi connectivity index (χ0v) is 9.82. The second kappa shape index (κ2) is 3.54. The molecule has 0 aromatic heterocycles. The standard InChI is InChI=1S/C13H20O3/c1-16-10-2-8-3-11-9(4-10)6-13(11,5-8)12(15)7-14/h8-11,14H,2-7H2,1H3. The van der Waals surface area contributed by atoms with E-state index in [1.54, 1.807) is 7.11 Å². The third-order valence-electron chi connectivity index (χ3n) is 5.34. The second-order valence-electron chi connectivity index (χ2n) is 5.94. The predicted octanol–water partition coefficient (Wildman–Crippen LogP) is 1.39. The van der Waals surface area contributed by atoms with Crippen LogP contribution in [0, 0.1) is 23.2 Å². The van der Waals surface area contributed by atoms with Gasteiger partial charge in [0.25, 0.3) is 0 Å².